The molecule has 1 aromatic carbocycles. The highest BCUT2D eigenvalue weighted by Gasteiger charge is 2.11. The van der Waals surface area contributed by atoms with Crippen LogP contribution in [0.15, 0.2) is 33.0 Å². The van der Waals surface area contributed by atoms with Crippen LogP contribution in [-0.2, 0) is 13.2 Å². The number of H-pyrrole nitrogens is 1. The Bertz CT molecular complexity index is 619. The van der Waals surface area contributed by atoms with Gasteiger partial charge in [-0.3, -0.25) is 4.57 Å². The van der Waals surface area contributed by atoms with Gasteiger partial charge in [-0.15, -0.1) is 5.10 Å². The van der Waals surface area contributed by atoms with E-state index >= 15 is 0 Å². The summed E-state index contributed by atoms with van der Waals surface area (Å²) < 4.78 is 1.62. The predicted molar refractivity (Wildman–Crippen MR) is 74.4 cm³/mol. The number of aromatic nitrogens is 3. The fourth-order valence-corrected chi connectivity index (χ4v) is 2.79. The monoisotopic (exact) mass is 279 g/mol. The highest BCUT2D eigenvalue weighted by molar-refractivity contribution is 7.99. The Balaban J connectivity index is 2.33. The first kappa shape index (κ1) is 13.9. The van der Waals surface area contributed by atoms with Gasteiger partial charge in [0.2, 0.25) is 0 Å². The van der Waals surface area contributed by atoms with Crippen molar-refractivity contribution < 1.29 is 5.11 Å². The van der Waals surface area contributed by atoms with Crippen LogP contribution in [0.4, 0.5) is 0 Å². The van der Waals surface area contributed by atoms with Gasteiger partial charge in [-0.1, -0.05) is 24.6 Å². The summed E-state index contributed by atoms with van der Waals surface area (Å²) in [6.07, 6.45) is 0.869. The molecule has 5 nitrogen and oxygen atoms in total. The SMILES string of the molecule is CCCn1c(Sc2ccc(C)cc2CO)n[nH]c1=O. The van der Waals surface area contributed by atoms with Crippen molar-refractivity contribution in [3.8, 4) is 0 Å². The largest absolute Gasteiger partial charge is 0.392 e. The predicted octanol–water partition coefficient (Wildman–Crippen LogP) is 1.93. The van der Waals surface area contributed by atoms with E-state index in [4.69, 9.17) is 0 Å². The molecule has 0 saturated carbocycles. The van der Waals surface area contributed by atoms with Crippen LogP contribution in [0.25, 0.3) is 0 Å². The third-order valence-electron chi connectivity index (χ3n) is 2.76. The lowest BCUT2D eigenvalue weighted by Crippen LogP contribution is -2.17. The van der Waals surface area contributed by atoms with Gasteiger partial charge in [0, 0.05) is 11.4 Å². The minimum Gasteiger partial charge on any atom is -0.392 e. The van der Waals surface area contributed by atoms with Crippen LogP contribution in [0, 0.1) is 6.92 Å². The Morgan fingerprint density at radius 3 is 2.95 bits per heavy atom. The summed E-state index contributed by atoms with van der Waals surface area (Å²) in [6, 6.07) is 5.87. The van der Waals surface area contributed by atoms with Gasteiger partial charge in [-0.2, -0.15) is 0 Å². The van der Waals surface area contributed by atoms with Gasteiger partial charge in [0.15, 0.2) is 5.16 Å². The van der Waals surface area contributed by atoms with Crippen molar-refractivity contribution >= 4 is 11.8 Å². The number of hydrogen-bond acceptors (Lipinski definition) is 4. The summed E-state index contributed by atoms with van der Waals surface area (Å²) >= 11 is 1.40. The van der Waals surface area contributed by atoms with Crippen molar-refractivity contribution in [2.24, 2.45) is 0 Å². The first-order valence-electron chi connectivity index (χ1n) is 6.19. The Morgan fingerprint density at radius 1 is 1.47 bits per heavy atom. The fourth-order valence-electron chi connectivity index (χ4n) is 1.83. The second-order valence-electron chi connectivity index (χ2n) is 4.33. The van der Waals surface area contributed by atoms with Gasteiger partial charge in [-0.25, -0.2) is 9.89 Å². The molecular weight excluding hydrogens is 262 g/mol. The first-order valence-corrected chi connectivity index (χ1v) is 7.00. The molecule has 0 fully saturated rings. The number of aryl methyl sites for hydroxylation is 1. The summed E-state index contributed by atoms with van der Waals surface area (Å²) in [5.41, 5.74) is 1.76. The van der Waals surface area contributed by atoms with E-state index in [2.05, 4.69) is 10.2 Å². The molecule has 2 N–H and O–H groups in total. The number of aliphatic hydroxyl groups excluding tert-OH is 1. The molecule has 0 aliphatic carbocycles. The average Bonchev–Trinajstić information content (AvgIpc) is 2.74. The number of hydrogen-bond donors (Lipinski definition) is 2. The molecule has 0 aliphatic heterocycles. The van der Waals surface area contributed by atoms with Crippen LogP contribution in [0.3, 0.4) is 0 Å². The standard InChI is InChI=1S/C13H17N3O2S/c1-3-6-16-12(18)14-15-13(16)19-11-5-4-9(2)7-10(11)8-17/h4-5,7,17H,3,6,8H2,1-2H3,(H,14,18). The van der Waals surface area contributed by atoms with E-state index in [1.807, 2.05) is 32.0 Å². The Labute approximate surface area is 115 Å². The van der Waals surface area contributed by atoms with Gasteiger partial charge < -0.3 is 5.11 Å². The third-order valence-corrected chi connectivity index (χ3v) is 3.87. The number of nitrogens with one attached hydrogen (secondary N) is 1. The highest BCUT2D eigenvalue weighted by Crippen LogP contribution is 2.29. The fraction of sp³-hybridized carbons (Fsp3) is 0.385. The molecule has 102 valence electrons. The van der Waals surface area contributed by atoms with Crippen molar-refractivity contribution in [3.63, 3.8) is 0 Å². The summed E-state index contributed by atoms with van der Waals surface area (Å²) in [5, 5.41) is 16.5. The zero-order valence-corrected chi connectivity index (χ0v) is 11.8. The molecule has 19 heavy (non-hydrogen) atoms. The maximum absolute atomic E-state index is 11.6. The van der Waals surface area contributed by atoms with Crippen molar-refractivity contribution in [2.75, 3.05) is 0 Å². The molecule has 1 heterocycles. The second-order valence-corrected chi connectivity index (χ2v) is 5.34. The minimum absolute atomic E-state index is 0.0214. The van der Waals surface area contributed by atoms with Gasteiger partial charge in [-0.05, 0) is 36.7 Å². The van der Waals surface area contributed by atoms with Crippen LogP contribution < -0.4 is 5.69 Å². The van der Waals surface area contributed by atoms with Gasteiger partial charge >= 0.3 is 5.69 Å². The normalized spacial score (nSPS) is 10.9. The van der Waals surface area contributed by atoms with Crippen LogP contribution >= 0.6 is 11.8 Å². The Hall–Kier alpha value is -1.53. The molecule has 6 heteroatoms. The Kier molecular flexibility index (Phi) is 4.44. The molecule has 1 aromatic heterocycles. The van der Waals surface area contributed by atoms with E-state index in [0.29, 0.717) is 11.7 Å². The summed E-state index contributed by atoms with van der Waals surface area (Å²) in [4.78, 5) is 12.5. The van der Waals surface area contributed by atoms with Gasteiger partial charge in [0.25, 0.3) is 0 Å². The van der Waals surface area contributed by atoms with E-state index in [9.17, 15) is 9.90 Å². The molecule has 0 spiro atoms. The molecule has 0 unspecified atom stereocenters. The molecule has 2 rings (SSSR count). The molecule has 2 aromatic rings. The van der Waals surface area contributed by atoms with Crippen LogP contribution in [0.5, 0.6) is 0 Å². The molecule has 0 bridgehead atoms. The smallest absolute Gasteiger partial charge is 0.343 e. The number of rotatable bonds is 5. The minimum atomic E-state index is -0.193. The quantitative estimate of drug-likeness (QED) is 0.877. The maximum Gasteiger partial charge on any atom is 0.343 e. The van der Waals surface area contributed by atoms with E-state index in [0.717, 1.165) is 22.4 Å². The number of aliphatic hydroxyl groups is 1. The van der Waals surface area contributed by atoms with Crippen molar-refractivity contribution in [1.82, 2.24) is 14.8 Å². The lowest BCUT2D eigenvalue weighted by molar-refractivity contribution is 0.279. The first-order chi connectivity index (χ1) is 9.15. The summed E-state index contributed by atoms with van der Waals surface area (Å²) in [7, 11) is 0. The zero-order valence-electron chi connectivity index (χ0n) is 11.0. The lowest BCUT2D eigenvalue weighted by atomic mass is 10.1. The summed E-state index contributed by atoms with van der Waals surface area (Å²) in [6.45, 7) is 4.61. The molecular formula is C13H17N3O2S. The molecule has 0 saturated heterocycles. The highest BCUT2D eigenvalue weighted by atomic mass is 32.2. The van der Waals surface area contributed by atoms with Crippen molar-refractivity contribution in [3.05, 3.63) is 39.8 Å². The molecule has 0 amide bonds. The van der Waals surface area contributed by atoms with Crippen LogP contribution in [0.1, 0.15) is 24.5 Å². The average molecular weight is 279 g/mol. The van der Waals surface area contributed by atoms with E-state index < -0.39 is 0 Å². The number of nitrogens with zero attached hydrogens (tertiary/aromatic N) is 2. The number of aromatic amines is 1. The van der Waals surface area contributed by atoms with E-state index in [1.165, 1.54) is 11.8 Å². The maximum atomic E-state index is 11.6. The topological polar surface area (TPSA) is 70.9 Å². The molecule has 0 atom stereocenters. The molecule has 0 radical (unpaired) electrons. The van der Waals surface area contributed by atoms with Crippen LogP contribution in [0.2, 0.25) is 0 Å². The van der Waals surface area contributed by atoms with Gasteiger partial charge in [0.05, 0.1) is 6.61 Å². The Morgan fingerprint density at radius 2 is 2.26 bits per heavy atom. The van der Waals surface area contributed by atoms with Gasteiger partial charge in [0.1, 0.15) is 0 Å². The van der Waals surface area contributed by atoms with Crippen molar-refractivity contribution in [1.29, 1.82) is 0 Å². The van der Waals surface area contributed by atoms with E-state index in [1.54, 1.807) is 4.57 Å². The van der Waals surface area contributed by atoms with E-state index in [-0.39, 0.29) is 12.3 Å². The number of benzene rings is 1. The van der Waals surface area contributed by atoms with Crippen molar-refractivity contribution in [2.45, 2.75) is 43.5 Å². The lowest BCUT2D eigenvalue weighted by Gasteiger charge is -2.08. The summed E-state index contributed by atoms with van der Waals surface area (Å²) in [5.74, 6) is 0. The third kappa shape index (κ3) is 3.08. The van der Waals surface area contributed by atoms with Crippen LogP contribution in [-0.4, -0.2) is 19.9 Å². The second kappa shape index (κ2) is 6.08. The molecule has 0 aliphatic rings. The zero-order chi connectivity index (χ0) is 13.8.